The summed E-state index contributed by atoms with van der Waals surface area (Å²) in [5.41, 5.74) is 0.960. The van der Waals surface area contributed by atoms with Crippen molar-refractivity contribution in [3.63, 3.8) is 0 Å². The summed E-state index contributed by atoms with van der Waals surface area (Å²) < 4.78 is 6.39. The second-order valence-electron chi connectivity index (χ2n) is 6.56. The van der Waals surface area contributed by atoms with Gasteiger partial charge in [0.2, 0.25) is 0 Å². The summed E-state index contributed by atoms with van der Waals surface area (Å²) in [6.45, 7) is 13.0. The van der Waals surface area contributed by atoms with Crippen molar-refractivity contribution in [2.45, 2.75) is 64.5 Å². The zero-order valence-corrected chi connectivity index (χ0v) is 14.0. The molecule has 0 amide bonds. The molecule has 1 N–H and O–H groups in total. The fraction of sp³-hybridized carbons (Fsp3) is 0.667. The molecule has 0 saturated carbocycles. The molecule has 1 unspecified atom stereocenters. The van der Waals surface area contributed by atoms with Crippen LogP contribution < -0.4 is 0 Å². The van der Waals surface area contributed by atoms with Gasteiger partial charge in [-0.2, -0.15) is 0 Å². The SMILES string of the molecule is CC[C@@H](O)C(O[Si](C)(C)C(C)(C)C)c1cccnc1. The van der Waals surface area contributed by atoms with Crippen molar-refractivity contribution in [3.05, 3.63) is 30.1 Å². The maximum absolute atomic E-state index is 10.3. The van der Waals surface area contributed by atoms with Crippen molar-refractivity contribution >= 4 is 8.32 Å². The van der Waals surface area contributed by atoms with Gasteiger partial charge in [-0.15, -0.1) is 0 Å². The van der Waals surface area contributed by atoms with Crippen molar-refractivity contribution in [1.29, 1.82) is 0 Å². The Morgan fingerprint density at radius 3 is 2.42 bits per heavy atom. The predicted octanol–water partition coefficient (Wildman–Crippen LogP) is 3.92. The molecular weight excluding hydrogens is 254 g/mol. The van der Waals surface area contributed by atoms with E-state index in [2.05, 4.69) is 38.8 Å². The molecule has 0 aliphatic rings. The number of aromatic nitrogens is 1. The number of hydrogen-bond acceptors (Lipinski definition) is 3. The molecule has 4 heteroatoms. The Labute approximate surface area is 118 Å². The van der Waals surface area contributed by atoms with E-state index < -0.39 is 14.4 Å². The first kappa shape index (κ1) is 16.3. The maximum Gasteiger partial charge on any atom is 0.193 e. The quantitative estimate of drug-likeness (QED) is 0.832. The van der Waals surface area contributed by atoms with Crippen LogP contribution in [0.25, 0.3) is 0 Å². The molecule has 1 rings (SSSR count). The third-order valence-electron chi connectivity index (χ3n) is 4.01. The Balaban J connectivity index is 3.01. The van der Waals surface area contributed by atoms with Gasteiger partial charge in [0.25, 0.3) is 0 Å². The van der Waals surface area contributed by atoms with Crippen LogP contribution in [0.2, 0.25) is 18.1 Å². The number of nitrogens with zero attached hydrogens (tertiary/aromatic N) is 1. The van der Waals surface area contributed by atoms with Gasteiger partial charge in [-0.05, 0) is 30.6 Å². The Morgan fingerprint density at radius 1 is 1.37 bits per heavy atom. The topological polar surface area (TPSA) is 42.4 Å². The minimum absolute atomic E-state index is 0.126. The molecule has 0 aliphatic carbocycles. The highest BCUT2D eigenvalue weighted by atomic mass is 28.4. The molecule has 0 aromatic carbocycles. The van der Waals surface area contributed by atoms with Gasteiger partial charge in [-0.25, -0.2) is 0 Å². The van der Waals surface area contributed by atoms with E-state index in [1.807, 2.05) is 19.1 Å². The number of aliphatic hydroxyl groups excluding tert-OH is 1. The van der Waals surface area contributed by atoms with Crippen molar-refractivity contribution in [2.24, 2.45) is 0 Å². The summed E-state index contributed by atoms with van der Waals surface area (Å²) in [7, 11) is -1.92. The van der Waals surface area contributed by atoms with Crippen LogP contribution in [-0.4, -0.2) is 24.5 Å². The lowest BCUT2D eigenvalue weighted by molar-refractivity contribution is 0.0241. The van der Waals surface area contributed by atoms with Crippen molar-refractivity contribution in [3.8, 4) is 0 Å². The molecule has 0 aliphatic heterocycles. The number of aliphatic hydroxyl groups is 1. The molecule has 19 heavy (non-hydrogen) atoms. The van der Waals surface area contributed by atoms with E-state index in [9.17, 15) is 5.11 Å². The average molecular weight is 281 g/mol. The summed E-state index contributed by atoms with van der Waals surface area (Å²) in [5.74, 6) is 0. The average Bonchev–Trinajstić information content (AvgIpc) is 2.35. The van der Waals surface area contributed by atoms with Crippen molar-refractivity contribution < 1.29 is 9.53 Å². The third-order valence-corrected chi connectivity index (χ3v) is 8.46. The first-order chi connectivity index (χ1) is 8.69. The molecule has 1 aromatic rings. The lowest BCUT2D eigenvalue weighted by Gasteiger charge is -2.40. The van der Waals surface area contributed by atoms with Gasteiger partial charge in [0.05, 0.1) is 12.2 Å². The summed E-state index contributed by atoms with van der Waals surface area (Å²) >= 11 is 0. The molecule has 0 radical (unpaired) electrons. The maximum atomic E-state index is 10.3. The summed E-state index contributed by atoms with van der Waals surface area (Å²) in [6.07, 6.45) is 3.44. The van der Waals surface area contributed by atoms with Crippen LogP contribution >= 0.6 is 0 Å². The summed E-state index contributed by atoms with van der Waals surface area (Å²) in [4.78, 5) is 4.14. The third kappa shape index (κ3) is 4.13. The highest BCUT2D eigenvalue weighted by Gasteiger charge is 2.40. The molecule has 0 saturated heterocycles. The minimum Gasteiger partial charge on any atom is -0.407 e. The first-order valence-electron chi connectivity index (χ1n) is 6.95. The van der Waals surface area contributed by atoms with Crippen LogP contribution in [0, 0.1) is 0 Å². The van der Waals surface area contributed by atoms with Crippen LogP contribution in [0.15, 0.2) is 24.5 Å². The van der Waals surface area contributed by atoms with E-state index in [-0.39, 0.29) is 11.1 Å². The molecule has 108 valence electrons. The summed E-state index contributed by atoms with van der Waals surface area (Å²) in [6, 6.07) is 3.86. The van der Waals surface area contributed by atoms with Gasteiger partial charge < -0.3 is 9.53 Å². The number of pyridine rings is 1. The van der Waals surface area contributed by atoms with Crippen LogP contribution in [0.5, 0.6) is 0 Å². The normalized spacial score (nSPS) is 16.2. The Kier molecular flexibility index (Phi) is 5.30. The number of hydrogen-bond donors (Lipinski definition) is 1. The summed E-state index contributed by atoms with van der Waals surface area (Å²) in [5, 5.41) is 10.4. The highest BCUT2D eigenvalue weighted by Crippen LogP contribution is 2.40. The molecule has 1 heterocycles. The largest absolute Gasteiger partial charge is 0.407 e. The molecular formula is C15H27NO2Si. The zero-order chi connectivity index (χ0) is 14.7. The smallest absolute Gasteiger partial charge is 0.193 e. The van der Waals surface area contributed by atoms with E-state index in [0.29, 0.717) is 6.42 Å². The molecule has 0 bridgehead atoms. The lowest BCUT2D eigenvalue weighted by atomic mass is 10.1. The van der Waals surface area contributed by atoms with Gasteiger partial charge in [-0.3, -0.25) is 4.98 Å². The van der Waals surface area contributed by atoms with Crippen LogP contribution in [0.3, 0.4) is 0 Å². The molecule has 2 atom stereocenters. The highest BCUT2D eigenvalue weighted by molar-refractivity contribution is 6.74. The number of rotatable bonds is 5. The minimum atomic E-state index is -1.92. The van der Waals surface area contributed by atoms with Crippen LogP contribution in [0.4, 0.5) is 0 Å². The van der Waals surface area contributed by atoms with E-state index >= 15 is 0 Å². The molecule has 0 spiro atoms. The predicted molar refractivity (Wildman–Crippen MR) is 81.6 cm³/mol. The van der Waals surface area contributed by atoms with Gasteiger partial charge in [0.1, 0.15) is 0 Å². The molecule has 0 fully saturated rings. The Morgan fingerprint density at radius 2 is 2.00 bits per heavy atom. The first-order valence-corrected chi connectivity index (χ1v) is 9.85. The Hall–Kier alpha value is -0.713. The molecule has 1 aromatic heterocycles. The van der Waals surface area contributed by atoms with Gasteiger partial charge in [0, 0.05) is 18.0 Å². The van der Waals surface area contributed by atoms with Gasteiger partial charge in [-0.1, -0.05) is 33.8 Å². The van der Waals surface area contributed by atoms with Gasteiger partial charge >= 0.3 is 0 Å². The fourth-order valence-electron chi connectivity index (χ4n) is 1.62. The molecule has 3 nitrogen and oxygen atoms in total. The standard InChI is InChI=1S/C15H27NO2Si/c1-7-13(17)14(12-9-8-10-16-11-12)18-19(5,6)15(2,3)4/h8-11,13-14,17H,7H2,1-6H3/t13-,14?/m1/s1. The fourth-order valence-corrected chi connectivity index (χ4v) is 2.90. The van der Waals surface area contributed by atoms with Crippen LogP contribution in [-0.2, 0) is 4.43 Å². The van der Waals surface area contributed by atoms with Crippen LogP contribution in [0.1, 0.15) is 45.8 Å². The second-order valence-corrected chi connectivity index (χ2v) is 11.3. The lowest BCUT2D eigenvalue weighted by Crippen LogP contribution is -2.43. The van der Waals surface area contributed by atoms with E-state index in [4.69, 9.17) is 4.43 Å². The second kappa shape index (κ2) is 6.16. The van der Waals surface area contributed by atoms with E-state index in [0.717, 1.165) is 5.56 Å². The monoisotopic (exact) mass is 281 g/mol. The zero-order valence-electron chi connectivity index (χ0n) is 13.0. The van der Waals surface area contributed by atoms with Gasteiger partial charge in [0.15, 0.2) is 8.32 Å². The van der Waals surface area contributed by atoms with E-state index in [1.54, 1.807) is 12.4 Å². The van der Waals surface area contributed by atoms with E-state index in [1.165, 1.54) is 0 Å². The van der Waals surface area contributed by atoms with Crippen molar-refractivity contribution in [2.75, 3.05) is 0 Å². The van der Waals surface area contributed by atoms with Crippen molar-refractivity contribution in [1.82, 2.24) is 4.98 Å². The Bertz CT molecular complexity index is 387.